The molecule has 3 heteroatoms. The summed E-state index contributed by atoms with van der Waals surface area (Å²) < 4.78 is 0. The van der Waals surface area contributed by atoms with Crippen LogP contribution in [-0.4, -0.2) is 25.5 Å². The maximum absolute atomic E-state index is 10.5. The van der Waals surface area contributed by atoms with Gasteiger partial charge in [-0.1, -0.05) is 33.8 Å². The fraction of sp³-hybridized carbons (Fsp3) is 0.727. The third kappa shape index (κ3) is 17.3. The fourth-order valence-corrected chi connectivity index (χ4v) is 0.711. The lowest BCUT2D eigenvalue weighted by Crippen LogP contribution is -2.21. The van der Waals surface area contributed by atoms with Gasteiger partial charge in [0, 0.05) is 6.54 Å². The standard InChI is InChI=1S/C7H13NO.C4H11N/c1-3-5-6-8-7(9)4-2;1-3-5-4-2/h4H,2-3,5-6H2,1H3,(H,8,9);5H,3-4H2,1-2H3. The number of carbonyl (C=O) groups excluding carboxylic acids is 1. The lowest BCUT2D eigenvalue weighted by atomic mass is 10.3. The van der Waals surface area contributed by atoms with Crippen molar-refractivity contribution in [2.24, 2.45) is 0 Å². The van der Waals surface area contributed by atoms with Crippen molar-refractivity contribution in [3.8, 4) is 0 Å². The monoisotopic (exact) mass is 200 g/mol. The summed E-state index contributed by atoms with van der Waals surface area (Å²) in [6, 6.07) is 0. The zero-order valence-corrected chi connectivity index (χ0v) is 9.73. The molecule has 0 aromatic heterocycles. The van der Waals surface area contributed by atoms with Crippen molar-refractivity contribution in [3.63, 3.8) is 0 Å². The summed E-state index contributed by atoms with van der Waals surface area (Å²) in [7, 11) is 0. The molecule has 0 bridgehead atoms. The van der Waals surface area contributed by atoms with Crippen LogP contribution in [0.5, 0.6) is 0 Å². The van der Waals surface area contributed by atoms with Gasteiger partial charge in [0.1, 0.15) is 0 Å². The van der Waals surface area contributed by atoms with Crippen LogP contribution in [0.25, 0.3) is 0 Å². The number of unbranched alkanes of at least 4 members (excludes halogenated alkanes) is 1. The van der Waals surface area contributed by atoms with Crippen LogP contribution in [0.4, 0.5) is 0 Å². The van der Waals surface area contributed by atoms with E-state index in [1.165, 1.54) is 6.08 Å². The van der Waals surface area contributed by atoms with Crippen molar-refractivity contribution >= 4 is 5.91 Å². The summed E-state index contributed by atoms with van der Waals surface area (Å²) >= 11 is 0. The van der Waals surface area contributed by atoms with Crippen LogP contribution >= 0.6 is 0 Å². The SMILES string of the molecule is C=CC(=O)NCCCC.CCNCC. The molecule has 0 aliphatic carbocycles. The van der Waals surface area contributed by atoms with Gasteiger partial charge >= 0.3 is 0 Å². The summed E-state index contributed by atoms with van der Waals surface area (Å²) in [6.07, 6.45) is 3.44. The Morgan fingerprint density at radius 2 is 1.86 bits per heavy atom. The molecule has 0 fully saturated rings. The molecule has 2 N–H and O–H groups in total. The van der Waals surface area contributed by atoms with E-state index in [1.54, 1.807) is 0 Å². The third-order valence-corrected chi connectivity index (χ3v) is 1.51. The van der Waals surface area contributed by atoms with Crippen molar-refractivity contribution in [1.29, 1.82) is 0 Å². The highest BCUT2D eigenvalue weighted by Gasteiger charge is 1.88. The van der Waals surface area contributed by atoms with E-state index in [2.05, 4.69) is 38.0 Å². The largest absolute Gasteiger partial charge is 0.353 e. The average Bonchev–Trinajstić information content (AvgIpc) is 2.20. The van der Waals surface area contributed by atoms with Gasteiger partial charge in [-0.2, -0.15) is 0 Å². The molecule has 0 heterocycles. The zero-order valence-electron chi connectivity index (χ0n) is 9.73. The Morgan fingerprint density at radius 1 is 1.29 bits per heavy atom. The van der Waals surface area contributed by atoms with Crippen LogP contribution < -0.4 is 10.6 Å². The maximum atomic E-state index is 10.5. The van der Waals surface area contributed by atoms with Crippen molar-refractivity contribution in [2.75, 3.05) is 19.6 Å². The number of amides is 1. The van der Waals surface area contributed by atoms with Gasteiger partial charge in [-0.15, -0.1) is 0 Å². The molecular weight excluding hydrogens is 176 g/mol. The highest BCUT2D eigenvalue weighted by atomic mass is 16.1. The van der Waals surface area contributed by atoms with Gasteiger partial charge in [0.05, 0.1) is 0 Å². The minimum atomic E-state index is -0.0801. The minimum absolute atomic E-state index is 0.0801. The number of rotatable bonds is 6. The van der Waals surface area contributed by atoms with Gasteiger partial charge in [0.15, 0.2) is 0 Å². The Morgan fingerprint density at radius 3 is 2.14 bits per heavy atom. The molecule has 0 aliphatic rings. The van der Waals surface area contributed by atoms with Crippen molar-refractivity contribution < 1.29 is 4.79 Å². The first-order valence-electron chi connectivity index (χ1n) is 5.33. The molecule has 0 saturated heterocycles. The first-order valence-corrected chi connectivity index (χ1v) is 5.33. The Balaban J connectivity index is 0. The average molecular weight is 200 g/mol. The molecule has 3 nitrogen and oxygen atoms in total. The fourth-order valence-electron chi connectivity index (χ4n) is 0.711. The van der Waals surface area contributed by atoms with Gasteiger partial charge in [-0.05, 0) is 25.6 Å². The van der Waals surface area contributed by atoms with E-state index >= 15 is 0 Å². The number of hydrogen-bond donors (Lipinski definition) is 2. The molecule has 0 aromatic carbocycles. The Hall–Kier alpha value is -0.830. The molecule has 0 radical (unpaired) electrons. The molecule has 0 saturated carbocycles. The van der Waals surface area contributed by atoms with Gasteiger partial charge in [-0.25, -0.2) is 0 Å². The number of hydrogen-bond acceptors (Lipinski definition) is 2. The molecule has 0 aliphatic heterocycles. The molecule has 0 aromatic rings. The quantitative estimate of drug-likeness (QED) is 0.506. The van der Waals surface area contributed by atoms with Gasteiger partial charge in [0.2, 0.25) is 5.91 Å². The summed E-state index contributed by atoms with van der Waals surface area (Å²) in [5.41, 5.74) is 0. The Kier molecular flexibility index (Phi) is 16.4. The summed E-state index contributed by atoms with van der Waals surface area (Å²) in [5, 5.41) is 5.79. The van der Waals surface area contributed by atoms with E-state index in [0.29, 0.717) is 0 Å². The molecule has 1 amide bonds. The highest BCUT2D eigenvalue weighted by molar-refractivity contribution is 5.86. The topological polar surface area (TPSA) is 41.1 Å². The summed E-state index contributed by atoms with van der Waals surface area (Å²) in [4.78, 5) is 10.5. The smallest absolute Gasteiger partial charge is 0.243 e. The molecular formula is C11H24N2O. The zero-order chi connectivity index (χ0) is 11.2. The van der Waals surface area contributed by atoms with Crippen LogP contribution in [0.2, 0.25) is 0 Å². The Labute approximate surface area is 88.0 Å². The number of nitrogens with one attached hydrogen (secondary N) is 2. The lowest BCUT2D eigenvalue weighted by Gasteiger charge is -1.97. The summed E-state index contributed by atoms with van der Waals surface area (Å²) in [6.45, 7) is 12.6. The molecule has 84 valence electrons. The van der Waals surface area contributed by atoms with E-state index in [-0.39, 0.29) is 5.91 Å². The van der Waals surface area contributed by atoms with Gasteiger partial charge in [-0.3, -0.25) is 4.79 Å². The minimum Gasteiger partial charge on any atom is -0.353 e. The third-order valence-electron chi connectivity index (χ3n) is 1.51. The van der Waals surface area contributed by atoms with Crippen molar-refractivity contribution in [1.82, 2.24) is 10.6 Å². The van der Waals surface area contributed by atoms with E-state index in [0.717, 1.165) is 32.5 Å². The van der Waals surface area contributed by atoms with Gasteiger partial charge < -0.3 is 10.6 Å². The molecule has 0 rings (SSSR count). The predicted molar refractivity (Wildman–Crippen MR) is 62.3 cm³/mol. The van der Waals surface area contributed by atoms with Crippen molar-refractivity contribution in [3.05, 3.63) is 12.7 Å². The van der Waals surface area contributed by atoms with Crippen LogP contribution in [-0.2, 0) is 4.79 Å². The van der Waals surface area contributed by atoms with Crippen LogP contribution in [0.3, 0.4) is 0 Å². The lowest BCUT2D eigenvalue weighted by molar-refractivity contribution is -0.116. The second-order valence-corrected chi connectivity index (χ2v) is 2.81. The van der Waals surface area contributed by atoms with E-state index < -0.39 is 0 Å². The highest BCUT2D eigenvalue weighted by Crippen LogP contribution is 1.81. The second kappa shape index (κ2) is 14.7. The first-order chi connectivity index (χ1) is 6.72. The Bertz CT molecular complexity index is 133. The molecule has 0 unspecified atom stereocenters. The maximum Gasteiger partial charge on any atom is 0.243 e. The van der Waals surface area contributed by atoms with Crippen molar-refractivity contribution in [2.45, 2.75) is 33.6 Å². The van der Waals surface area contributed by atoms with Crippen LogP contribution in [0.1, 0.15) is 33.6 Å². The van der Waals surface area contributed by atoms with Crippen LogP contribution in [0.15, 0.2) is 12.7 Å². The van der Waals surface area contributed by atoms with E-state index in [9.17, 15) is 4.79 Å². The first kappa shape index (κ1) is 15.6. The molecule has 0 spiro atoms. The summed E-state index contributed by atoms with van der Waals surface area (Å²) in [5.74, 6) is -0.0801. The second-order valence-electron chi connectivity index (χ2n) is 2.81. The van der Waals surface area contributed by atoms with E-state index in [1.807, 2.05) is 0 Å². The number of carbonyl (C=O) groups is 1. The molecule has 14 heavy (non-hydrogen) atoms. The van der Waals surface area contributed by atoms with Crippen LogP contribution in [0, 0.1) is 0 Å². The van der Waals surface area contributed by atoms with E-state index in [4.69, 9.17) is 0 Å². The normalized spacial score (nSPS) is 8.50. The molecule has 0 atom stereocenters. The predicted octanol–water partition coefficient (Wildman–Crippen LogP) is 1.70. The van der Waals surface area contributed by atoms with Gasteiger partial charge in [0.25, 0.3) is 0 Å².